The molecule has 0 N–H and O–H groups in total. The van der Waals surface area contributed by atoms with Gasteiger partial charge in [-0.15, -0.1) is 0 Å². The van der Waals surface area contributed by atoms with Crippen molar-refractivity contribution in [2.45, 2.75) is 361 Å². The van der Waals surface area contributed by atoms with Crippen molar-refractivity contribution in [1.82, 2.24) is 0 Å². The zero-order chi connectivity index (χ0) is 59.9. The molecule has 0 spiro atoms. The van der Waals surface area contributed by atoms with Gasteiger partial charge in [0.15, 0.2) is 6.10 Å². The Labute approximate surface area is 515 Å². The van der Waals surface area contributed by atoms with Crippen molar-refractivity contribution in [3.8, 4) is 0 Å². The molecule has 0 fully saturated rings. The number of ether oxygens (including phenoxy) is 3. The largest absolute Gasteiger partial charge is 0.462 e. The van der Waals surface area contributed by atoms with Crippen LogP contribution < -0.4 is 0 Å². The van der Waals surface area contributed by atoms with Crippen LogP contribution in [0.15, 0.2) is 97.2 Å². The van der Waals surface area contributed by atoms with Gasteiger partial charge in [-0.1, -0.05) is 330 Å². The Morgan fingerprint density at radius 3 is 0.735 bits per heavy atom. The standard InChI is InChI=1S/C77H134O6/c1-4-7-10-13-15-17-19-21-23-25-27-29-31-33-35-37-38-40-41-43-45-47-49-51-53-55-57-59-61-64-67-70-76(79)82-73-74(72-81-75(78)69-66-63-12-9-6-3)83-77(80)71-68-65-62-60-58-56-54-52-50-48-46-44-42-39-36-34-32-30-28-26-24-22-20-18-16-14-11-8-5-2/h8,11,16,18-19,21-22,24-25,27-28,30-31,33-34,36,74H,4-7,9-10,12-15,17,20,23,26,29,32,35,37-73H2,1-3H3/b11-8-,18-16-,21-19-,24-22-,27-25-,30-28-,33-31-,36-34-. The third kappa shape index (κ3) is 69.0. The van der Waals surface area contributed by atoms with Crippen molar-refractivity contribution in [2.75, 3.05) is 13.2 Å². The van der Waals surface area contributed by atoms with Gasteiger partial charge in [-0.05, 0) is 103 Å². The van der Waals surface area contributed by atoms with E-state index in [2.05, 4.69) is 118 Å². The Bertz CT molecular complexity index is 1610. The van der Waals surface area contributed by atoms with Gasteiger partial charge in [0.25, 0.3) is 0 Å². The number of hydrogen-bond acceptors (Lipinski definition) is 6. The summed E-state index contributed by atoms with van der Waals surface area (Å²) in [7, 11) is 0. The van der Waals surface area contributed by atoms with Crippen molar-refractivity contribution < 1.29 is 28.6 Å². The summed E-state index contributed by atoms with van der Waals surface area (Å²) < 4.78 is 16.8. The summed E-state index contributed by atoms with van der Waals surface area (Å²) in [6, 6.07) is 0. The van der Waals surface area contributed by atoms with E-state index in [9.17, 15) is 14.4 Å². The van der Waals surface area contributed by atoms with Crippen LogP contribution in [0.1, 0.15) is 355 Å². The molecule has 0 amide bonds. The minimum Gasteiger partial charge on any atom is -0.462 e. The maximum Gasteiger partial charge on any atom is 0.306 e. The van der Waals surface area contributed by atoms with Crippen molar-refractivity contribution >= 4 is 17.9 Å². The van der Waals surface area contributed by atoms with Crippen molar-refractivity contribution in [1.29, 1.82) is 0 Å². The number of carbonyl (C=O) groups is 3. The van der Waals surface area contributed by atoms with Crippen molar-refractivity contribution in [3.63, 3.8) is 0 Å². The van der Waals surface area contributed by atoms with E-state index in [-0.39, 0.29) is 31.1 Å². The number of unbranched alkanes of at least 4 members (excludes halogenated alkanes) is 38. The second kappa shape index (κ2) is 70.8. The van der Waals surface area contributed by atoms with E-state index in [1.807, 2.05) is 0 Å². The predicted octanol–water partition coefficient (Wildman–Crippen LogP) is 24.8. The molecule has 6 nitrogen and oxygen atoms in total. The number of esters is 3. The molecule has 0 saturated carbocycles. The molecule has 83 heavy (non-hydrogen) atoms. The first-order valence-corrected chi connectivity index (χ1v) is 35.7. The number of hydrogen-bond donors (Lipinski definition) is 0. The summed E-state index contributed by atoms with van der Waals surface area (Å²) in [6.45, 7) is 6.47. The Morgan fingerprint density at radius 2 is 0.470 bits per heavy atom. The van der Waals surface area contributed by atoms with Crippen LogP contribution in [0, 0.1) is 0 Å². The molecule has 0 aliphatic heterocycles. The summed E-state index contributed by atoms with van der Waals surface area (Å²) >= 11 is 0. The first kappa shape index (κ1) is 79.3. The average Bonchev–Trinajstić information content (AvgIpc) is 3.48. The van der Waals surface area contributed by atoms with E-state index in [4.69, 9.17) is 14.2 Å². The first-order chi connectivity index (χ1) is 41.0. The third-order valence-corrected chi connectivity index (χ3v) is 15.6. The molecule has 0 rings (SSSR count). The molecule has 0 aromatic heterocycles. The van der Waals surface area contributed by atoms with E-state index in [1.54, 1.807) is 0 Å². The van der Waals surface area contributed by atoms with Crippen LogP contribution in [-0.4, -0.2) is 37.2 Å². The average molecular weight is 1160 g/mol. The molecule has 0 aliphatic carbocycles. The Hall–Kier alpha value is -3.67. The summed E-state index contributed by atoms with van der Waals surface area (Å²) in [6.07, 6.45) is 96.4. The monoisotopic (exact) mass is 1160 g/mol. The van der Waals surface area contributed by atoms with Crippen molar-refractivity contribution in [3.05, 3.63) is 97.2 Å². The minimum absolute atomic E-state index is 0.0744. The quantitative estimate of drug-likeness (QED) is 0.0261. The van der Waals surface area contributed by atoms with Gasteiger partial charge in [0.05, 0.1) is 0 Å². The molecule has 0 radical (unpaired) electrons. The number of rotatable bonds is 65. The van der Waals surface area contributed by atoms with Crippen LogP contribution in [-0.2, 0) is 28.6 Å². The molecular formula is C77H134O6. The smallest absolute Gasteiger partial charge is 0.306 e. The molecule has 0 aliphatic rings. The molecule has 6 heteroatoms. The Balaban J connectivity index is 3.97. The molecule has 0 bridgehead atoms. The zero-order valence-corrected chi connectivity index (χ0v) is 54.9. The summed E-state index contributed by atoms with van der Waals surface area (Å²) in [4.78, 5) is 38.0. The number of carbonyl (C=O) groups excluding carboxylic acids is 3. The lowest BCUT2D eigenvalue weighted by Crippen LogP contribution is -2.30. The summed E-state index contributed by atoms with van der Waals surface area (Å²) in [5.41, 5.74) is 0. The van der Waals surface area contributed by atoms with Gasteiger partial charge >= 0.3 is 17.9 Å². The van der Waals surface area contributed by atoms with Gasteiger partial charge in [0.2, 0.25) is 0 Å². The highest BCUT2D eigenvalue weighted by Gasteiger charge is 2.19. The second-order valence-corrected chi connectivity index (χ2v) is 23.8. The van der Waals surface area contributed by atoms with Crippen LogP contribution in [0.4, 0.5) is 0 Å². The second-order valence-electron chi connectivity index (χ2n) is 23.8. The van der Waals surface area contributed by atoms with Crippen molar-refractivity contribution in [2.24, 2.45) is 0 Å². The van der Waals surface area contributed by atoms with Crippen LogP contribution in [0.2, 0.25) is 0 Å². The lowest BCUT2D eigenvalue weighted by atomic mass is 10.0. The highest BCUT2D eigenvalue weighted by molar-refractivity contribution is 5.71. The lowest BCUT2D eigenvalue weighted by molar-refractivity contribution is -0.167. The predicted molar refractivity (Wildman–Crippen MR) is 362 cm³/mol. The summed E-state index contributed by atoms with van der Waals surface area (Å²) in [5, 5.41) is 0. The van der Waals surface area contributed by atoms with Gasteiger partial charge in [0, 0.05) is 19.3 Å². The van der Waals surface area contributed by atoms with Gasteiger partial charge in [-0.25, -0.2) is 0 Å². The molecule has 0 aromatic rings. The van der Waals surface area contributed by atoms with E-state index in [0.29, 0.717) is 19.3 Å². The fourth-order valence-electron chi connectivity index (χ4n) is 10.2. The Morgan fingerprint density at radius 1 is 0.253 bits per heavy atom. The molecular weight excluding hydrogens is 1020 g/mol. The first-order valence-electron chi connectivity index (χ1n) is 35.7. The molecule has 1 atom stereocenters. The molecule has 0 heterocycles. The maximum absolute atomic E-state index is 12.9. The lowest BCUT2D eigenvalue weighted by Gasteiger charge is -2.18. The highest BCUT2D eigenvalue weighted by atomic mass is 16.6. The van der Waals surface area contributed by atoms with Crippen LogP contribution in [0.3, 0.4) is 0 Å². The van der Waals surface area contributed by atoms with E-state index in [1.165, 1.54) is 205 Å². The fourth-order valence-corrected chi connectivity index (χ4v) is 10.2. The van der Waals surface area contributed by atoms with Gasteiger partial charge in [-0.2, -0.15) is 0 Å². The minimum atomic E-state index is -0.774. The van der Waals surface area contributed by atoms with Gasteiger partial charge in [-0.3, -0.25) is 14.4 Å². The molecule has 0 aromatic carbocycles. The van der Waals surface area contributed by atoms with Crippen LogP contribution in [0.25, 0.3) is 0 Å². The maximum atomic E-state index is 12.9. The zero-order valence-electron chi connectivity index (χ0n) is 54.9. The van der Waals surface area contributed by atoms with E-state index < -0.39 is 6.10 Å². The van der Waals surface area contributed by atoms with E-state index in [0.717, 1.165) is 109 Å². The van der Waals surface area contributed by atoms with Crippen LogP contribution in [0.5, 0.6) is 0 Å². The number of allylic oxidation sites excluding steroid dienone is 16. The fraction of sp³-hybridized carbons (Fsp3) is 0.753. The van der Waals surface area contributed by atoms with Gasteiger partial charge in [0.1, 0.15) is 13.2 Å². The van der Waals surface area contributed by atoms with Gasteiger partial charge < -0.3 is 14.2 Å². The molecule has 1 unspecified atom stereocenters. The highest BCUT2D eigenvalue weighted by Crippen LogP contribution is 2.18. The SMILES string of the molecule is CC/C=C\C/C=C\C/C=C\C/C=C\C/C=C\CCCCCCCCCCCCCCCC(=O)OC(COC(=O)CCCCCCC)COC(=O)CCCCCCCCCCCCCCCCCC/C=C\C/C=C\C/C=C\CCCCCCC. The Kier molecular flexibility index (Phi) is 67.7. The normalized spacial score (nSPS) is 12.7. The third-order valence-electron chi connectivity index (χ3n) is 15.6. The van der Waals surface area contributed by atoms with Crippen LogP contribution >= 0.6 is 0 Å². The molecule has 478 valence electrons. The van der Waals surface area contributed by atoms with E-state index >= 15 is 0 Å². The summed E-state index contributed by atoms with van der Waals surface area (Å²) in [5.74, 6) is -0.875. The molecule has 0 saturated heterocycles. The topological polar surface area (TPSA) is 78.9 Å².